The Kier molecular flexibility index (Phi) is 4.17. The lowest BCUT2D eigenvalue weighted by molar-refractivity contribution is 0.103. The molecule has 1 aromatic carbocycles. The van der Waals surface area contributed by atoms with E-state index in [-0.39, 0.29) is 5.91 Å². The molecule has 110 valence electrons. The third-order valence-corrected chi connectivity index (χ3v) is 5.20. The molecule has 0 saturated heterocycles. The summed E-state index contributed by atoms with van der Waals surface area (Å²) in [5, 5.41) is 3.43. The van der Waals surface area contributed by atoms with Crippen molar-refractivity contribution in [1.82, 2.24) is 0 Å². The molecule has 1 aliphatic rings. The predicted molar refractivity (Wildman–Crippen MR) is 89.4 cm³/mol. The molecule has 0 atom stereocenters. The lowest BCUT2D eigenvalue weighted by Gasteiger charge is -2.07. The quantitative estimate of drug-likeness (QED) is 0.632. The number of carbonyl (C=O) groups excluding carboxylic acids is 1. The van der Waals surface area contributed by atoms with E-state index in [1.165, 1.54) is 29.7 Å². The van der Waals surface area contributed by atoms with Crippen LogP contribution in [0.15, 0.2) is 24.3 Å². The van der Waals surface area contributed by atoms with Crippen molar-refractivity contribution in [3.8, 4) is 0 Å². The van der Waals surface area contributed by atoms with E-state index in [0.29, 0.717) is 16.4 Å². The van der Waals surface area contributed by atoms with E-state index in [0.717, 1.165) is 17.7 Å². The van der Waals surface area contributed by atoms with Gasteiger partial charge in [0.05, 0.1) is 16.3 Å². The van der Waals surface area contributed by atoms with Gasteiger partial charge in [-0.15, -0.1) is 11.3 Å². The lowest BCUT2D eigenvalue weighted by Crippen LogP contribution is -2.11. The average molecular weight is 321 g/mol. The number of fused-ring (bicyclic) bond motifs is 1. The Morgan fingerprint density at radius 3 is 2.81 bits per heavy atom. The first kappa shape index (κ1) is 14.4. The number of thiophene rings is 1. The molecule has 5 heteroatoms. The lowest BCUT2D eigenvalue weighted by atomic mass is 10.1. The molecule has 3 rings (SSSR count). The van der Waals surface area contributed by atoms with Crippen molar-refractivity contribution in [1.29, 1.82) is 0 Å². The van der Waals surface area contributed by atoms with E-state index in [1.54, 1.807) is 29.5 Å². The van der Waals surface area contributed by atoms with E-state index in [1.807, 2.05) is 6.07 Å². The number of aryl methyl sites for hydroxylation is 2. The van der Waals surface area contributed by atoms with Crippen LogP contribution >= 0.6 is 22.9 Å². The number of benzene rings is 1. The first-order valence-corrected chi connectivity index (χ1v) is 8.31. The van der Waals surface area contributed by atoms with Gasteiger partial charge in [-0.05, 0) is 55.5 Å². The maximum absolute atomic E-state index is 12.4. The highest BCUT2D eigenvalue weighted by molar-refractivity contribution is 7.14. The Bertz CT molecular complexity index is 657. The zero-order valence-electron chi connectivity index (χ0n) is 11.6. The van der Waals surface area contributed by atoms with Gasteiger partial charge < -0.3 is 11.1 Å². The normalized spacial score (nSPS) is 14.3. The van der Waals surface area contributed by atoms with Crippen LogP contribution in [0, 0.1) is 0 Å². The summed E-state index contributed by atoms with van der Waals surface area (Å²) in [6.45, 7) is 0. The number of amides is 1. The highest BCUT2D eigenvalue weighted by Crippen LogP contribution is 2.30. The average Bonchev–Trinajstić information content (AvgIpc) is 2.73. The Labute approximate surface area is 133 Å². The zero-order chi connectivity index (χ0) is 14.8. The SMILES string of the molecule is Nc1cc(Cl)ccc1NC(=O)c1cc2c(s1)CCCCC2. The molecular formula is C16H17ClN2OS. The van der Waals surface area contributed by atoms with Gasteiger partial charge in [0.25, 0.3) is 5.91 Å². The number of hydrogen-bond acceptors (Lipinski definition) is 3. The third kappa shape index (κ3) is 3.22. The predicted octanol–water partition coefficient (Wildman–Crippen LogP) is 4.50. The summed E-state index contributed by atoms with van der Waals surface area (Å²) >= 11 is 7.47. The van der Waals surface area contributed by atoms with Crippen molar-refractivity contribution in [3.05, 3.63) is 44.6 Å². The number of nitrogen functional groups attached to an aromatic ring is 1. The summed E-state index contributed by atoms with van der Waals surface area (Å²) in [6.07, 6.45) is 5.90. The Hall–Kier alpha value is -1.52. The van der Waals surface area contributed by atoms with Gasteiger partial charge in [-0.1, -0.05) is 18.0 Å². The fourth-order valence-electron chi connectivity index (χ4n) is 2.61. The second kappa shape index (κ2) is 6.08. The second-order valence-corrected chi connectivity index (χ2v) is 6.88. The monoisotopic (exact) mass is 320 g/mol. The van der Waals surface area contributed by atoms with Crippen LogP contribution in [0.3, 0.4) is 0 Å². The Balaban J connectivity index is 1.79. The van der Waals surface area contributed by atoms with Gasteiger partial charge in [0.2, 0.25) is 0 Å². The maximum atomic E-state index is 12.4. The first-order valence-electron chi connectivity index (χ1n) is 7.11. The fourth-order valence-corrected chi connectivity index (χ4v) is 3.94. The molecule has 0 fully saturated rings. The van der Waals surface area contributed by atoms with Crippen molar-refractivity contribution < 1.29 is 4.79 Å². The molecule has 0 saturated carbocycles. The molecule has 2 aromatic rings. The van der Waals surface area contributed by atoms with Gasteiger partial charge in [-0.3, -0.25) is 4.79 Å². The number of rotatable bonds is 2. The van der Waals surface area contributed by atoms with E-state index >= 15 is 0 Å². The molecule has 0 spiro atoms. The number of carbonyl (C=O) groups is 1. The summed E-state index contributed by atoms with van der Waals surface area (Å²) in [4.78, 5) is 14.5. The minimum absolute atomic E-state index is 0.0953. The van der Waals surface area contributed by atoms with Crippen LogP contribution in [0.2, 0.25) is 5.02 Å². The van der Waals surface area contributed by atoms with E-state index < -0.39 is 0 Å². The number of nitrogens with two attached hydrogens (primary N) is 1. The second-order valence-electron chi connectivity index (χ2n) is 5.31. The van der Waals surface area contributed by atoms with Crippen LogP contribution in [-0.2, 0) is 12.8 Å². The molecule has 3 N–H and O–H groups in total. The highest BCUT2D eigenvalue weighted by Gasteiger charge is 2.17. The van der Waals surface area contributed by atoms with Gasteiger partial charge in [-0.2, -0.15) is 0 Å². The maximum Gasteiger partial charge on any atom is 0.265 e. The summed E-state index contributed by atoms with van der Waals surface area (Å²) < 4.78 is 0. The Morgan fingerprint density at radius 2 is 2.00 bits per heavy atom. The molecule has 0 radical (unpaired) electrons. The third-order valence-electron chi connectivity index (χ3n) is 3.73. The van der Waals surface area contributed by atoms with Crippen LogP contribution in [-0.4, -0.2) is 5.91 Å². The minimum atomic E-state index is -0.0953. The van der Waals surface area contributed by atoms with Crippen LogP contribution in [0.4, 0.5) is 11.4 Å². The molecule has 1 aromatic heterocycles. The number of nitrogens with one attached hydrogen (secondary N) is 1. The van der Waals surface area contributed by atoms with Gasteiger partial charge in [0.1, 0.15) is 0 Å². The van der Waals surface area contributed by atoms with E-state index in [2.05, 4.69) is 5.32 Å². The van der Waals surface area contributed by atoms with E-state index in [9.17, 15) is 4.79 Å². The van der Waals surface area contributed by atoms with Crippen LogP contribution in [0.25, 0.3) is 0 Å². The summed E-state index contributed by atoms with van der Waals surface area (Å²) in [5.74, 6) is -0.0953. The van der Waals surface area contributed by atoms with Crippen molar-refractivity contribution in [2.75, 3.05) is 11.1 Å². The number of hydrogen-bond donors (Lipinski definition) is 2. The van der Waals surface area contributed by atoms with Gasteiger partial charge in [-0.25, -0.2) is 0 Å². The van der Waals surface area contributed by atoms with Crippen LogP contribution < -0.4 is 11.1 Å². The molecule has 0 bridgehead atoms. The standard InChI is InChI=1S/C16H17ClN2OS/c17-11-6-7-13(12(18)9-11)19-16(20)15-8-10-4-2-1-3-5-14(10)21-15/h6-9H,1-5,18H2,(H,19,20). The topological polar surface area (TPSA) is 55.1 Å². The van der Waals surface area contributed by atoms with Crippen molar-refractivity contribution in [2.45, 2.75) is 32.1 Å². The first-order chi connectivity index (χ1) is 10.1. The largest absolute Gasteiger partial charge is 0.397 e. The van der Waals surface area contributed by atoms with Gasteiger partial charge in [0.15, 0.2) is 0 Å². The molecule has 1 aliphatic carbocycles. The zero-order valence-corrected chi connectivity index (χ0v) is 13.2. The summed E-state index contributed by atoms with van der Waals surface area (Å²) in [6, 6.07) is 7.12. The molecule has 0 aliphatic heterocycles. The molecule has 0 unspecified atom stereocenters. The van der Waals surface area contributed by atoms with Gasteiger partial charge in [0, 0.05) is 9.90 Å². The smallest absolute Gasteiger partial charge is 0.265 e. The number of anilines is 2. The number of halogens is 1. The molecule has 3 nitrogen and oxygen atoms in total. The van der Waals surface area contributed by atoms with Crippen molar-refractivity contribution >= 4 is 40.2 Å². The Morgan fingerprint density at radius 1 is 1.19 bits per heavy atom. The summed E-state index contributed by atoms with van der Waals surface area (Å²) in [7, 11) is 0. The molecule has 21 heavy (non-hydrogen) atoms. The van der Waals surface area contributed by atoms with Gasteiger partial charge >= 0.3 is 0 Å². The fraction of sp³-hybridized carbons (Fsp3) is 0.312. The molecular weight excluding hydrogens is 304 g/mol. The van der Waals surface area contributed by atoms with Crippen LogP contribution in [0.1, 0.15) is 39.4 Å². The van der Waals surface area contributed by atoms with E-state index in [4.69, 9.17) is 17.3 Å². The molecule has 1 amide bonds. The molecule has 1 heterocycles. The summed E-state index contributed by atoms with van der Waals surface area (Å²) in [5.41, 5.74) is 8.29. The minimum Gasteiger partial charge on any atom is -0.397 e. The van der Waals surface area contributed by atoms with Crippen molar-refractivity contribution in [2.24, 2.45) is 0 Å². The van der Waals surface area contributed by atoms with Crippen molar-refractivity contribution in [3.63, 3.8) is 0 Å². The highest BCUT2D eigenvalue weighted by atomic mass is 35.5. The van der Waals surface area contributed by atoms with Crippen LogP contribution in [0.5, 0.6) is 0 Å².